The molecule has 284 valence electrons. The fraction of sp³-hybridized carbons (Fsp3) is 0.0175. The highest BCUT2D eigenvalue weighted by atomic mass is 32.1. The molecule has 4 heteroatoms. The Labute approximate surface area is 356 Å². The maximum absolute atomic E-state index is 6.62. The topological polar surface area (TPSA) is 35.0 Å². The number of aromatic nitrogens is 2. The molecule has 3 nitrogen and oxygen atoms in total. The molecule has 1 aliphatic heterocycles. The Balaban J connectivity index is 0.979. The lowest BCUT2D eigenvalue weighted by molar-refractivity contribution is 0.436. The molecule has 0 fully saturated rings. The molecule has 11 aromatic rings. The number of ether oxygens (including phenoxy) is 1. The number of nitrogens with zero attached hydrogens (tertiary/aromatic N) is 2. The van der Waals surface area contributed by atoms with Crippen LogP contribution in [0.1, 0.15) is 22.3 Å². The summed E-state index contributed by atoms with van der Waals surface area (Å²) in [6.45, 7) is 0. The van der Waals surface area contributed by atoms with Crippen molar-refractivity contribution in [2.75, 3.05) is 0 Å². The molecule has 0 bridgehead atoms. The van der Waals surface area contributed by atoms with Crippen LogP contribution < -0.4 is 4.74 Å². The molecule has 9 aromatic carbocycles. The van der Waals surface area contributed by atoms with E-state index in [1.54, 1.807) is 11.3 Å². The van der Waals surface area contributed by atoms with Crippen molar-refractivity contribution in [1.82, 2.24) is 9.97 Å². The van der Waals surface area contributed by atoms with E-state index >= 15 is 0 Å². The van der Waals surface area contributed by atoms with Gasteiger partial charge in [0.25, 0.3) is 0 Å². The number of thiophene rings is 1. The van der Waals surface area contributed by atoms with E-state index in [0.29, 0.717) is 0 Å². The zero-order valence-electron chi connectivity index (χ0n) is 32.8. The Morgan fingerprint density at radius 3 is 1.79 bits per heavy atom. The molecule has 3 heterocycles. The molecule has 1 aliphatic carbocycles. The van der Waals surface area contributed by atoms with Crippen LogP contribution in [0.3, 0.4) is 0 Å². The van der Waals surface area contributed by atoms with Crippen molar-refractivity contribution in [3.05, 3.63) is 229 Å². The number of para-hydroxylation sites is 2. The quantitative estimate of drug-likeness (QED) is 0.178. The van der Waals surface area contributed by atoms with Gasteiger partial charge in [-0.15, -0.1) is 11.3 Å². The smallest absolute Gasteiger partial charge is 0.161 e. The molecule has 0 unspecified atom stereocenters. The standard InChI is InChI=1S/C57H34N2OS/c1-2-14-36(15-3-1)41-18-6-7-19-42(41)56-58-53(55-54(59-56)43-20-8-13-25-52(43)61-55)37-28-26-35(27-29-37)40-30-31-46-44(33-40)45-32-38-16-4-5-17-39(38)34-49(45)57(46)47-21-9-11-23-50(47)60-51-24-12-10-22-48(51)57/h1-34H. The summed E-state index contributed by atoms with van der Waals surface area (Å²) in [5.74, 6) is 2.53. The second-order valence-electron chi connectivity index (χ2n) is 16.0. The molecule has 2 aromatic heterocycles. The van der Waals surface area contributed by atoms with Crippen molar-refractivity contribution in [2.24, 2.45) is 0 Å². The third-order valence-electron chi connectivity index (χ3n) is 12.8. The summed E-state index contributed by atoms with van der Waals surface area (Å²) in [6, 6.07) is 74.2. The van der Waals surface area contributed by atoms with Gasteiger partial charge < -0.3 is 4.74 Å². The SMILES string of the molecule is c1ccc(-c2ccccc2-c2nc(-c3ccc(-c4ccc5c(c4)-c4cc6ccccc6cc4C54c5ccccc5Oc5ccccc54)cc3)c3sc4ccccc4c3n2)cc1. The van der Waals surface area contributed by atoms with Gasteiger partial charge in [-0.3, -0.25) is 0 Å². The Morgan fingerprint density at radius 2 is 1.00 bits per heavy atom. The van der Waals surface area contributed by atoms with Crippen LogP contribution in [0.15, 0.2) is 206 Å². The summed E-state index contributed by atoms with van der Waals surface area (Å²) in [5.41, 5.74) is 15.5. The second-order valence-corrected chi connectivity index (χ2v) is 17.1. The maximum atomic E-state index is 6.62. The van der Waals surface area contributed by atoms with Crippen molar-refractivity contribution < 1.29 is 4.74 Å². The fourth-order valence-electron chi connectivity index (χ4n) is 10.0. The Hall–Kier alpha value is -7.66. The predicted molar refractivity (Wildman–Crippen MR) is 252 cm³/mol. The van der Waals surface area contributed by atoms with Crippen LogP contribution in [-0.2, 0) is 5.41 Å². The molecule has 1 spiro atoms. The molecular formula is C57H34N2OS. The molecule has 0 saturated carbocycles. The van der Waals surface area contributed by atoms with Crippen LogP contribution in [-0.4, -0.2) is 9.97 Å². The van der Waals surface area contributed by atoms with E-state index in [0.717, 1.165) is 66.4 Å². The zero-order chi connectivity index (χ0) is 40.1. The molecule has 0 N–H and O–H groups in total. The Bertz CT molecular complexity index is 3520. The minimum atomic E-state index is -0.526. The van der Waals surface area contributed by atoms with Gasteiger partial charge in [0.1, 0.15) is 11.5 Å². The van der Waals surface area contributed by atoms with E-state index < -0.39 is 5.41 Å². The Morgan fingerprint density at radius 1 is 0.393 bits per heavy atom. The highest BCUT2D eigenvalue weighted by Gasteiger charge is 2.51. The van der Waals surface area contributed by atoms with E-state index in [4.69, 9.17) is 14.7 Å². The number of rotatable bonds is 4. The maximum Gasteiger partial charge on any atom is 0.161 e. The van der Waals surface area contributed by atoms with Gasteiger partial charge >= 0.3 is 0 Å². The van der Waals surface area contributed by atoms with Gasteiger partial charge in [-0.2, -0.15) is 0 Å². The normalized spacial score (nSPS) is 13.2. The van der Waals surface area contributed by atoms with Gasteiger partial charge in [-0.05, 0) is 91.7 Å². The van der Waals surface area contributed by atoms with Crippen LogP contribution in [0.5, 0.6) is 11.5 Å². The van der Waals surface area contributed by atoms with Crippen LogP contribution in [0, 0.1) is 0 Å². The number of benzene rings is 9. The van der Waals surface area contributed by atoms with Crippen molar-refractivity contribution in [3.63, 3.8) is 0 Å². The van der Waals surface area contributed by atoms with E-state index in [2.05, 4.69) is 206 Å². The van der Waals surface area contributed by atoms with Crippen molar-refractivity contribution in [1.29, 1.82) is 0 Å². The summed E-state index contributed by atoms with van der Waals surface area (Å²) in [5, 5.41) is 3.62. The Kier molecular flexibility index (Phi) is 7.39. The first-order chi connectivity index (χ1) is 30.2. The summed E-state index contributed by atoms with van der Waals surface area (Å²) >= 11 is 1.76. The van der Waals surface area contributed by atoms with Gasteiger partial charge in [-0.25, -0.2) is 9.97 Å². The monoisotopic (exact) mass is 794 g/mol. The van der Waals surface area contributed by atoms with Crippen LogP contribution in [0.4, 0.5) is 0 Å². The molecule has 0 amide bonds. The highest BCUT2D eigenvalue weighted by Crippen LogP contribution is 2.63. The predicted octanol–water partition coefficient (Wildman–Crippen LogP) is 15.1. The molecule has 0 saturated heterocycles. The lowest BCUT2D eigenvalue weighted by Crippen LogP contribution is -2.32. The van der Waals surface area contributed by atoms with Crippen LogP contribution >= 0.6 is 11.3 Å². The van der Waals surface area contributed by atoms with E-state index in [9.17, 15) is 0 Å². The zero-order valence-corrected chi connectivity index (χ0v) is 33.7. The van der Waals surface area contributed by atoms with Crippen LogP contribution in [0.2, 0.25) is 0 Å². The van der Waals surface area contributed by atoms with Gasteiger partial charge in [0, 0.05) is 32.3 Å². The minimum Gasteiger partial charge on any atom is -0.457 e. The third-order valence-corrected chi connectivity index (χ3v) is 13.9. The van der Waals surface area contributed by atoms with Gasteiger partial charge in [0.05, 0.1) is 21.3 Å². The average molecular weight is 795 g/mol. The minimum absolute atomic E-state index is 0.526. The molecule has 2 aliphatic rings. The second kappa shape index (κ2) is 13.2. The lowest BCUT2D eigenvalue weighted by Gasteiger charge is -2.39. The molecular weight excluding hydrogens is 761 g/mol. The summed E-state index contributed by atoms with van der Waals surface area (Å²) in [6.07, 6.45) is 0. The first kappa shape index (κ1) is 34.2. The molecule has 13 rings (SSSR count). The van der Waals surface area contributed by atoms with Crippen LogP contribution in [0.25, 0.3) is 87.1 Å². The molecule has 0 atom stereocenters. The van der Waals surface area contributed by atoms with Gasteiger partial charge in [0.2, 0.25) is 0 Å². The van der Waals surface area contributed by atoms with E-state index in [1.165, 1.54) is 54.4 Å². The first-order valence-electron chi connectivity index (χ1n) is 20.7. The lowest BCUT2D eigenvalue weighted by atomic mass is 9.66. The van der Waals surface area contributed by atoms with Crippen molar-refractivity contribution >= 4 is 42.4 Å². The summed E-state index contributed by atoms with van der Waals surface area (Å²) in [7, 11) is 0. The fourth-order valence-corrected chi connectivity index (χ4v) is 11.2. The summed E-state index contributed by atoms with van der Waals surface area (Å²) < 4.78 is 8.92. The van der Waals surface area contributed by atoms with Gasteiger partial charge in [-0.1, -0.05) is 170 Å². The number of hydrogen-bond donors (Lipinski definition) is 0. The number of fused-ring (bicyclic) bond motifs is 13. The largest absolute Gasteiger partial charge is 0.457 e. The van der Waals surface area contributed by atoms with E-state index in [-0.39, 0.29) is 0 Å². The van der Waals surface area contributed by atoms with Gasteiger partial charge in [0.15, 0.2) is 5.82 Å². The molecule has 61 heavy (non-hydrogen) atoms. The average Bonchev–Trinajstić information content (AvgIpc) is 3.84. The van der Waals surface area contributed by atoms with Crippen molar-refractivity contribution in [3.8, 4) is 67.5 Å². The third kappa shape index (κ3) is 5.03. The van der Waals surface area contributed by atoms with E-state index in [1.807, 2.05) is 0 Å². The molecule has 0 radical (unpaired) electrons. The highest BCUT2D eigenvalue weighted by molar-refractivity contribution is 7.26. The van der Waals surface area contributed by atoms with Crippen molar-refractivity contribution in [2.45, 2.75) is 5.41 Å². The summed E-state index contributed by atoms with van der Waals surface area (Å²) in [4.78, 5) is 10.7. The number of hydrogen-bond acceptors (Lipinski definition) is 4. The first-order valence-corrected chi connectivity index (χ1v) is 21.5.